The van der Waals surface area contributed by atoms with Crippen LogP contribution in [0.1, 0.15) is 11.3 Å². The molecule has 0 bridgehead atoms. The summed E-state index contributed by atoms with van der Waals surface area (Å²) >= 11 is 15.5. The molecule has 1 heterocycles. The van der Waals surface area contributed by atoms with E-state index in [1.54, 1.807) is 25.1 Å². The van der Waals surface area contributed by atoms with Crippen molar-refractivity contribution >= 4 is 55.1 Å². The van der Waals surface area contributed by atoms with E-state index in [4.69, 9.17) is 28.5 Å². The Morgan fingerprint density at radius 2 is 1.88 bits per heavy atom. The van der Waals surface area contributed by atoms with Crippen LogP contribution in [-0.2, 0) is 21.0 Å². The van der Waals surface area contributed by atoms with Crippen molar-refractivity contribution in [2.75, 3.05) is 14.1 Å². The Balaban J connectivity index is 0.00000163. The van der Waals surface area contributed by atoms with E-state index in [9.17, 15) is 13.2 Å². The van der Waals surface area contributed by atoms with Crippen LogP contribution >= 0.6 is 43.0 Å². The molecule has 1 aromatic carbocycles. The number of aromatic nitrogens is 2. The molecule has 0 aliphatic rings. The molecule has 0 saturated carbocycles. The molecular weight excluding hydrogens is 558 g/mol. The molecule has 5 nitrogen and oxygen atoms in total. The first-order valence-electron chi connectivity index (χ1n) is 6.60. The molecule has 0 spiro atoms. The van der Waals surface area contributed by atoms with E-state index in [0.717, 1.165) is 16.8 Å². The van der Waals surface area contributed by atoms with E-state index >= 15 is 0 Å². The van der Waals surface area contributed by atoms with Crippen LogP contribution in [0.3, 0.4) is 0 Å². The third kappa shape index (κ3) is 5.81. The SMILES string of the molecule is CN(C)C=Nc1[c-]c(C#N)nn1-c1c(Cl)cc(C(F)(F)F)cc1Cl.[Zn+][I]. The van der Waals surface area contributed by atoms with Crippen LogP contribution in [0.5, 0.6) is 0 Å². The average Bonchev–Trinajstić information content (AvgIpc) is 2.96. The molecule has 134 valence electrons. The van der Waals surface area contributed by atoms with E-state index in [0.29, 0.717) is 0 Å². The zero-order chi connectivity index (χ0) is 20.1. The summed E-state index contributed by atoms with van der Waals surface area (Å²) < 4.78 is 39.5. The fourth-order valence-electron chi connectivity index (χ4n) is 1.73. The normalized spacial score (nSPS) is 11.1. The quantitative estimate of drug-likeness (QED) is 0.173. The molecule has 0 atom stereocenters. The van der Waals surface area contributed by atoms with Crippen LogP contribution in [0.2, 0.25) is 10.0 Å². The van der Waals surface area contributed by atoms with Gasteiger partial charge < -0.3 is 10.2 Å². The van der Waals surface area contributed by atoms with Gasteiger partial charge >= 0.3 is 40.7 Å². The van der Waals surface area contributed by atoms with Crippen molar-refractivity contribution in [2.45, 2.75) is 6.18 Å². The summed E-state index contributed by atoms with van der Waals surface area (Å²) in [5.41, 5.74) is -1.11. The first-order chi connectivity index (χ1) is 12.1. The van der Waals surface area contributed by atoms with Gasteiger partial charge in [-0.25, -0.2) is 9.67 Å². The molecule has 0 aliphatic carbocycles. The molecule has 0 radical (unpaired) electrons. The summed E-state index contributed by atoms with van der Waals surface area (Å²) in [6.45, 7) is 0. The van der Waals surface area contributed by atoms with Crippen LogP contribution in [0.15, 0.2) is 17.1 Å². The van der Waals surface area contributed by atoms with Crippen LogP contribution in [0.4, 0.5) is 19.0 Å². The van der Waals surface area contributed by atoms with Crippen molar-refractivity contribution in [3.63, 3.8) is 0 Å². The number of alkyl halides is 3. The fourth-order valence-corrected chi connectivity index (χ4v) is 2.37. The molecule has 2 aromatic rings. The fraction of sp³-hybridized carbons (Fsp3) is 0.214. The molecule has 0 amide bonds. The van der Waals surface area contributed by atoms with Crippen molar-refractivity contribution in [1.29, 1.82) is 5.26 Å². The summed E-state index contributed by atoms with van der Waals surface area (Å²) in [5, 5.41) is 12.3. The second kappa shape index (κ2) is 9.88. The van der Waals surface area contributed by atoms with Crippen molar-refractivity contribution < 1.29 is 28.0 Å². The topological polar surface area (TPSA) is 57.2 Å². The molecule has 0 unspecified atom stereocenters. The van der Waals surface area contributed by atoms with Gasteiger partial charge in [0.25, 0.3) is 0 Å². The van der Waals surface area contributed by atoms with Crippen LogP contribution in [0.25, 0.3) is 5.69 Å². The number of benzene rings is 1. The third-order valence-corrected chi connectivity index (χ3v) is 3.28. The zero-order valence-electron chi connectivity index (χ0n) is 13.4. The predicted molar refractivity (Wildman–Crippen MR) is 98.0 cm³/mol. The summed E-state index contributed by atoms with van der Waals surface area (Å²) in [4.78, 5) is 5.68. The Morgan fingerprint density at radius 3 is 2.31 bits per heavy atom. The number of nitrogens with zero attached hydrogens (tertiary/aromatic N) is 5. The minimum absolute atomic E-state index is 0.0185. The predicted octanol–water partition coefficient (Wildman–Crippen LogP) is 4.97. The molecule has 0 N–H and O–H groups in total. The number of rotatable bonds is 3. The monoisotopic (exact) mass is 565 g/mol. The summed E-state index contributed by atoms with van der Waals surface area (Å²) in [6, 6.07) is 5.85. The van der Waals surface area contributed by atoms with Gasteiger partial charge in [0.2, 0.25) is 0 Å². The molecular formula is C14H9Cl2F3IN5Zn. The van der Waals surface area contributed by atoms with E-state index in [1.165, 1.54) is 21.1 Å². The summed E-state index contributed by atoms with van der Waals surface area (Å²) in [7, 11) is 3.43. The zero-order valence-corrected chi connectivity index (χ0v) is 20.1. The van der Waals surface area contributed by atoms with Gasteiger partial charge in [-0.1, -0.05) is 23.2 Å². The number of nitriles is 1. The van der Waals surface area contributed by atoms with Crippen LogP contribution in [0, 0.1) is 17.4 Å². The van der Waals surface area contributed by atoms with Gasteiger partial charge in [0.05, 0.1) is 27.8 Å². The molecule has 26 heavy (non-hydrogen) atoms. The molecule has 0 fully saturated rings. The Morgan fingerprint density at radius 1 is 1.35 bits per heavy atom. The number of hydrogen-bond donors (Lipinski definition) is 0. The summed E-state index contributed by atoms with van der Waals surface area (Å²) in [5.74, 6) is 0.0730. The second-order valence-corrected chi connectivity index (χ2v) is 5.63. The van der Waals surface area contributed by atoms with E-state index < -0.39 is 11.7 Å². The number of hydrogen-bond acceptors (Lipinski definition) is 3. The molecule has 12 heteroatoms. The van der Waals surface area contributed by atoms with Gasteiger partial charge in [0.15, 0.2) is 0 Å². The van der Waals surface area contributed by atoms with Crippen LogP contribution < -0.4 is 0 Å². The van der Waals surface area contributed by atoms with Crippen LogP contribution in [-0.4, -0.2) is 35.1 Å². The first-order valence-corrected chi connectivity index (χ1v) is 16.4. The Bertz CT molecular complexity index is 823. The number of aliphatic imine (C=N–C) groups is 1. The Labute approximate surface area is 178 Å². The van der Waals surface area contributed by atoms with Gasteiger partial charge in [-0.2, -0.15) is 24.3 Å². The molecule has 1 aromatic heterocycles. The molecule has 0 saturated heterocycles. The maximum atomic E-state index is 12.8. The third-order valence-electron chi connectivity index (χ3n) is 2.70. The minimum atomic E-state index is -4.59. The summed E-state index contributed by atoms with van der Waals surface area (Å²) in [6.07, 6.45) is -3.18. The molecule has 0 aliphatic heterocycles. The Hall–Kier alpha value is -0.887. The van der Waals surface area contributed by atoms with Crippen molar-refractivity contribution in [2.24, 2.45) is 4.99 Å². The van der Waals surface area contributed by atoms with Gasteiger partial charge in [0, 0.05) is 14.1 Å². The average molecular weight is 567 g/mol. The first kappa shape index (κ1) is 23.2. The van der Waals surface area contributed by atoms with Gasteiger partial charge in [-0.15, -0.1) is 6.07 Å². The Kier molecular flexibility index (Phi) is 8.80. The van der Waals surface area contributed by atoms with E-state index in [2.05, 4.69) is 35.9 Å². The van der Waals surface area contributed by atoms with Crippen molar-refractivity contribution in [3.05, 3.63) is 39.5 Å². The maximum absolute atomic E-state index is 12.8. The van der Waals surface area contributed by atoms with Gasteiger partial charge in [-0.3, -0.25) is 0 Å². The van der Waals surface area contributed by atoms with Gasteiger partial charge in [0.1, 0.15) is 5.69 Å². The standard InChI is InChI=1S/C14H9Cl2F3N5.HI.Zn/c1-23(2)7-21-12-5-9(6-20)22-24(12)13-10(15)3-8(4-11(13)16)14(17,18)19;;/h3-4,7H,1-2H3;1H;/q-1;;+2/p-1. The molecule has 2 rings (SSSR count). The van der Waals surface area contributed by atoms with E-state index in [-0.39, 0.29) is 27.2 Å². The van der Waals surface area contributed by atoms with Crippen molar-refractivity contribution in [1.82, 2.24) is 14.7 Å². The number of halogens is 6. The van der Waals surface area contributed by atoms with Gasteiger partial charge in [-0.05, 0) is 17.8 Å². The second-order valence-electron chi connectivity index (χ2n) is 4.82. The van der Waals surface area contributed by atoms with E-state index in [1.807, 2.05) is 0 Å². The van der Waals surface area contributed by atoms with Crippen molar-refractivity contribution in [3.8, 4) is 11.8 Å².